The number of nitrogens with one attached hydrogen (secondary N) is 1. The average Bonchev–Trinajstić information content (AvgIpc) is 3.11. The highest BCUT2D eigenvalue weighted by atomic mass is 19.1. The molecule has 3 rings (SSSR count). The number of aromatic nitrogens is 1. The number of hydrogen-bond donors (Lipinski definition) is 1. The molecule has 0 amide bonds. The van der Waals surface area contributed by atoms with Crippen LogP contribution < -0.4 is 5.32 Å². The zero-order valence-electron chi connectivity index (χ0n) is 18.0. The van der Waals surface area contributed by atoms with E-state index in [-0.39, 0.29) is 34.5 Å². The van der Waals surface area contributed by atoms with E-state index in [0.29, 0.717) is 6.54 Å². The fraction of sp³-hybridized carbons (Fsp3) is 0.333. The van der Waals surface area contributed by atoms with Crippen LogP contribution in [-0.2, 0) is 5.41 Å². The Balaban J connectivity index is 1.82. The van der Waals surface area contributed by atoms with E-state index in [1.165, 1.54) is 11.6 Å². The standard InChI is InChI=1S/C24H27FN4O/c1-24(2,3)17-12-10-16(11-13-17)21(29(4)5)15-27-23-20(14-26)28-22(30-23)18-8-6-7-9-19(18)25/h6-13,21,27H,15H2,1-5H3/t21-/m0/s1. The number of hydrogen-bond acceptors (Lipinski definition) is 5. The molecule has 1 heterocycles. The maximum Gasteiger partial charge on any atom is 0.233 e. The Bertz CT molecular complexity index is 1040. The molecule has 0 aliphatic heterocycles. The van der Waals surface area contributed by atoms with E-state index in [1.807, 2.05) is 20.2 Å². The summed E-state index contributed by atoms with van der Waals surface area (Å²) in [6.45, 7) is 7.07. The number of rotatable bonds is 6. The Labute approximate surface area is 177 Å². The molecule has 3 aromatic rings. The Kier molecular flexibility index (Phi) is 6.23. The molecule has 1 aromatic heterocycles. The fourth-order valence-corrected chi connectivity index (χ4v) is 3.26. The van der Waals surface area contributed by atoms with E-state index in [0.717, 1.165) is 5.56 Å². The van der Waals surface area contributed by atoms with Gasteiger partial charge >= 0.3 is 0 Å². The van der Waals surface area contributed by atoms with Gasteiger partial charge in [-0.15, -0.1) is 0 Å². The van der Waals surface area contributed by atoms with Crippen LogP contribution in [0.5, 0.6) is 0 Å². The van der Waals surface area contributed by atoms with Gasteiger partial charge in [0.15, 0.2) is 0 Å². The Morgan fingerprint density at radius 2 is 1.80 bits per heavy atom. The maximum atomic E-state index is 14.1. The van der Waals surface area contributed by atoms with Crippen LogP contribution in [0.1, 0.15) is 43.6 Å². The number of nitrogens with zero attached hydrogens (tertiary/aromatic N) is 3. The molecule has 1 atom stereocenters. The molecule has 0 radical (unpaired) electrons. The minimum Gasteiger partial charge on any atom is -0.419 e. The molecule has 0 spiro atoms. The highest BCUT2D eigenvalue weighted by molar-refractivity contribution is 5.59. The summed E-state index contributed by atoms with van der Waals surface area (Å²) >= 11 is 0. The van der Waals surface area contributed by atoms with Gasteiger partial charge in [0.05, 0.1) is 11.6 Å². The average molecular weight is 407 g/mol. The van der Waals surface area contributed by atoms with Crippen LogP contribution in [0.4, 0.5) is 10.3 Å². The van der Waals surface area contributed by atoms with Crippen LogP contribution in [0.2, 0.25) is 0 Å². The lowest BCUT2D eigenvalue weighted by Gasteiger charge is -2.26. The van der Waals surface area contributed by atoms with E-state index >= 15 is 0 Å². The molecule has 30 heavy (non-hydrogen) atoms. The van der Waals surface area contributed by atoms with Crippen LogP contribution in [0.3, 0.4) is 0 Å². The molecule has 0 aliphatic rings. The van der Waals surface area contributed by atoms with E-state index < -0.39 is 5.82 Å². The summed E-state index contributed by atoms with van der Waals surface area (Å²) in [7, 11) is 4.00. The first-order chi connectivity index (χ1) is 14.2. The third kappa shape index (κ3) is 4.69. The van der Waals surface area contributed by atoms with Crippen LogP contribution in [0.15, 0.2) is 52.9 Å². The third-order valence-corrected chi connectivity index (χ3v) is 5.08. The summed E-state index contributed by atoms with van der Waals surface area (Å²) in [6.07, 6.45) is 0. The summed E-state index contributed by atoms with van der Waals surface area (Å²) in [4.78, 5) is 6.25. The number of anilines is 1. The largest absolute Gasteiger partial charge is 0.419 e. The second-order valence-corrected chi connectivity index (χ2v) is 8.52. The predicted octanol–water partition coefficient (Wildman–Crippen LogP) is 5.36. The lowest BCUT2D eigenvalue weighted by Crippen LogP contribution is -2.27. The molecule has 0 fully saturated rings. The topological polar surface area (TPSA) is 65.1 Å². The number of benzene rings is 2. The summed E-state index contributed by atoms with van der Waals surface area (Å²) < 4.78 is 19.8. The molecule has 0 saturated heterocycles. The smallest absolute Gasteiger partial charge is 0.233 e. The van der Waals surface area contributed by atoms with E-state index in [2.05, 4.69) is 60.2 Å². The zero-order chi connectivity index (χ0) is 21.9. The zero-order valence-corrected chi connectivity index (χ0v) is 18.0. The quantitative estimate of drug-likeness (QED) is 0.597. The van der Waals surface area contributed by atoms with Gasteiger partial charge in [0, 0.05) is 6.54 Å². The monoisotopic (exact) mass is 406 g/mol. The van der Waals surface area contributed by atoms with Crippen molar-refractivity contribution < 1.29 is 8.81 Å². The summed E-state index contributed by atoms with van der Waals surface area (Å²) in [5, 5.41) is 12.6. The highest BCUT2D eigenvalue weighted by Gasteiger charge is 2.21. The van der Waals surface area contributed by atoms with Gasteiger partial charge in [-0.2, -0.15) is 10.2 Å². The molecule has 2 aromatic carbocycles. The lowest BCUT2D eigenvalue weighted by atomic mass is 9.86. The second kappa shape index (κ2) is 8.68. The van der Waals surface area contributed by atoms with E-state index in [4.69, 9.17) is 4.42 Å². The van der Waals surface area contributed by atoms with Crippen LogP contribution in [0.25, 0.3) is 11.5 Å². The number of nitriles is 1. The van der Waals surface area contributed by atoms with Crippen molar-refractivity contribution in [2.24, 2.45) is 0 Å². The maximum absolute atomic E-state index is 14.1. The molecule has 6 heteroatoms. The van der Waals surface area contributed by atoms with Crippen LogP contribution >= 0.6 is 0 Å². The van der Waals surface area contributed by atoms with Crippen LogP contribution in [0, 0.1) is 17.1 Å². The fourth-order valence-electron chi connectivity index (χ4n) is 3.26. The molecule has 0 aliphatic carbocycles. The van der Waals surface area contributed by atoms with Crippen molar-refractivity contribution in [1.29, 1.82) is 5.26 Å². The van der Waals surface area contributed by atoms with E-state index in [1.54, 1.807) is 18.2 Å². The number of halogens is 1. The molecular formula is C24H27FN4O. The molecular weight excluding hydrogens is 379 g/mol. The van der Waals surface area contributed by atoms with Crippen molar-refractivity contribution in [3.8, 4) is 17.5 Å². The molecule has 156 valence electrons. The minimum absolute atomic E-state index is 0.0487. The predicted molar refractivity (Wildman–Crippen MR) is 117 cm³/mol. The minimum atomic E-state index is -0.445. The summed E-state index contributed by atoms with van der Waals surface area (Å²) in [5.74, 6) is -0.114. The molecule has 5 nitrogen and oxygen atoms in total. The SMILES string of the molecule is CN(C)[C@@H](CNc1oc(-c2ccccc2F)nc1C#N)c1ccc(C(C)(C)C)cc1. The summed E-state index contributed by atoms with van der Waals surface area (Å²) in [6, 6.07) is 16.8. The van der Waals surface area contributed by atoms with Crippen molar-refractivity contribution in [3.63, 3.8) is 0 Å². The van der Waals surface area contributed by atoms with Crippen LogP contribution in [-0.4, -0.2) is 30.5 Å². The summed E-state index contributed by atoms with van der Waals surface area (Å²) in [5.41, 5.74) is 2.84. The van der Waals surface area contributed by atoms with Crippen molar-refractivity contribution in [2.75, 3.05) is 26.0 Å². The van der Waals surface area contributed by atoms with Gasteiger partial charge in [0.25, 0.3) is 0 Å². The van der Waals surface area contributed by atoms with Crippen molar-refractivity contribution in [2.45, 2.75) is 32.2 Å². The van der Waals surface area contributed by atoms with Crippen molar-refractivity contribution in [1.82, 2.24) is 9.88 Å². The molecule has 0 unspecified atom stereocenters. The Morgan fingerprint density at radius 1 is 1.13 bits per heavy atom. The molecule has 0 bridgehead atoms. The Hall–Kier alpha value is -3.17. The van der Waals surface area contributed by atoms with Gasteiger partial charge in [-0.25, -0.2) is 4.39 Å². The van der Waals surface area contributed by atoms with E-state index in [9.17, 15) is 9.65 Å². The highest BCUT2D eigenvalue weighted by Crippen LogP contribution is 2.29. The first-order valence-electron chi connectivity index (χ1n) is 9.87. The molecule has 0 saturated carbocycles. The number of likely N-dealkylation sites (N-methyl/N-ethyl adjacent to an activating group) is 1. The molecule has 1 N–H and O–H groups in total. The van der Waals surface area contributed by atoms with Gasteiger partial charge in [-0.1, -0.05) is 57.2 Å². The van der Waals surface area contributed by atoms with Gasteiger partial charge in [-0.05, 0) is 42.8 Å². The first-order valence-corrected chi connectivity index (χ1v) is 9.87. The van der Waals surface area contributed by atoms with Gasteiger partial charge < -0.3 is 14.6 Å². The van der Waals surface area contributed by atoms with Crippen molar-refractivity contribution >= 4 is 5.88 Å². The first kappa shape index (κ1) is 21.5. The lowest BCUT2D eigenvalue weighted by molar-refractivity contribution is 0.310. The second-order valence-electron chi connectivity index (χ2n) is 8.52. The number of oxazole rings is 1. The van der Waals surface area contributed by atoms with Gasteiger partial charge in [0.2, 0.25) is 17.5 Å². The normalized spacial score (nSPS) is 12.6. The third-order valence-electron chi connectivity index (χ3n) is 5.08. The van der Waals surface area contributed by atoms with Gasteiger partial charge in [-0.3, -0.25) is 0 Å². The van der Waals surface area contributed by atoms with Gasteiger partial charge in [0.1, 0.15) is 11.9 Å². The van der Waals surface area contributed by atoms with Crippen molar-refractivity contribution in [3.05, 3.63) is 71.2 Å². The Morgan fingerprint density at radius 3 is 2.37 bits per heavy atom.